The number of carbonyl (C=O) groups is 1. The average Bonchev–Trinajstić information content (AvgIpc) is 3.52. The van der Waals surface area contributed by atoms with Crippen molar-refractivity contribution < 1.29 is 23.1 Å². The van der Waals surface area contributed by atoms with Crippen molar-refractivity contribution in [2.45, 2.75) is 70.6 Å². The highest BCUT2D eigenvalue weighted by molar-refractivity contribution is 7.89. The highest BCUT2D eigenvalue weighted by Gasteiger charge is 2.34. The fourth-order valence-corrected chi connectivity index (χ4v) is 6.96. The van der Waals surface area contributed by atoms with Crippen LogP contribution in [0.25, 0.3) is 16.9 Å². The lowest BCUT2D eigenvalue weighted by molar-refractivity contribution is -0.142. The van der Waals surface area contributed by atoms with E-state index in [4.69, 9.17) is 9.84 Å². The summed E-state index contributed by atoms with van der Waals surface area (Å²) in [7, 11) is -3.98. The van der Waals surface area contributed by atoms with E-state index in [9.17, 15) is 23.1 Å². The second-order valence-corrected chi connectivity index (χ2v) is 11.7. The standard InChI is InChI=1S/C25H31N5O6S.CH4/c1-3-36-20-11-10-18(37(34,35)29-12-6-9-17(14-29)25(32)33)13-19(20)22-27-24(31)21-15(2)26-23(30(21)28-22)16-7-4-5-8-16;/h10-11,13,16-17H,3-9,12,14H2,1-2H3,(H,32,33)(H,27,28,31);1H4. The van der Waals surface area contributed by atoms with E-state index in [2.05, 4.69) is 9.97 Å². The molecule has 206 valence electrons. The fraction of sp³-hybridized carbons (Fsp3) is 0.538. The Hall–Kier alpha value is -3.25. The van der Waals surface area contributed by atoms with Crippen LogP contribution < -0.4 is 10.3 Å². The van der Waals surface area contributed by atoms with Gasteiger partial charge in [0.1, 0.15) is 11.6 Å². The summed E-state index contributed by atoms with van der Waals surface area (Å²) in [4.78, 5) is 32.1. The third-order valence-electron chi connectivity index (χ3n) is 7.30. The van der Waals surface area contributed by atoms with E-state index in [0.717, 1.165) is 31.5 Å². The Balaban J connectivity index is 0.00000336. The number of nitrogens with one attached hydrogen (secondary N) is 1. The maximum Gasteiger partial charge on any atom is 0.307 e. The fourth-order valence-electron chi connectivity index (χ4n) is 5.41. The Kier molecular flexibility index (Phi) is 7.93. The molecule has 11 nitrogen and oxygen atoms in total. The normalized spacial score (nSPS) is 18.9. The molecular formula is C26H35N5O6S. The Morgan fingerprint density at radius 3 is 2.63 bits per heavy atom. The van der Waals surface area contributed by atoms with Crippen LogP contribution in [0.2, 0.25) is 0 Å². The summed E-state index contributed by atoms with van der Waals surface area (Å²) < 4.78 is 35.6. The van der Waals surface area contributed by atoms with Crippen LogP contribution >= 0.6 is 0 Å². The monoisotopic (exact) mass is 545 g/mol. The van der Waals surface area contributed by atoms with E-state index >= 15 is 0 Å². The number of hydrogen-bond donors (Lipinski definition) is 2. The lowest BCUT2D eigenvalue weighted by Gasteiger charge is -2.30. The van der Waals surface area contributed by atoms with Crippen molar-refractivity contribution in [3.05, 3.63) is 40.1 Å². The summed E-state index contributed by atoms with van der Waals surface area (Å²) in [5.74, 6) is -0.238. The number of hydrogen-bond acceptors (Lipinski definition) is 7. The number of sulfonamides is 1. The summed E-state index contributed by atoms with van der Waals surface area (Å²) in [6, 6.07) is 4.43. The van der Waals surface area contributed by atoms with Crippen LogP contribution in [0, 0.1) is 12.8 Å². The first-order valence-corrected chi connectivity index (χ1v) is 14.1. The van der Waals surface area contributed by atoms with Crippen LogP contribution in [0.1, 0.15) is 70.3 Å². The van der Waals surface area contributed by atoms with E-state index in [1.807, 2.05) is 6.92 Å². The van der Waals surface area contributed by atoms with Gasteiger partial charge in [-0.3, -0.25) is 9.59 Å². The van der Waals surface area contributed by atoms with Gasteiger partial charge in [0.25, 0.3) is 5.56 Å². The molecule has 0 spiro atoms. The van der Waals surface area contributed by atoms with Crippen molar-refractivity contribution in [1.82, 2.24) is 23.9 Å². The van der Waals surface area contributed by atoms with Crippen LogP contribution in [-0.2, 0) is 14.8 Å². The number of aromatic nitrogens is 4. The molecule has 1 saturated heterocycles. The number of H-pyrrole nitrogens is 1. The first kappa shape index (κ1) is 27.8. The largest absolute Gasteiger partial charge is 0.493 e. The number of carboxylic acid groups (broad SMARTS) is 1. The molecule has 1 saturated carbocycles. The smallest absolute Gasteiger partial charge is 0.307 e. The number of aryl methyl sites for hydroxylation is 1. The molecule has 1 aromatic carbocycles. The van der Waals surface area contributed by atoms with Gasteiger partial charge in [-0.25, -0.2) is 17.9 Å². The summed E-state index contributed by atoms with van der Waals surface area (Å²) >= 11 is 0. The van der Waals surface area contributed by atoms with Gasteiger partial charge in [-0.1, -0.05) is 20.3 Å². The van der Waals surface area contributed by atoms with Crippen LogP contribution in [0.4, 0.5) is 0 Å². The summed E-state index contributed by atoms with van der Waals surface area (Å²) in [6.45, 7) is 4.09. The molecule has 3 aromatic rings. The number of piperidine rings is 1. The van der Waals surface area contributed by atoms with Gasteiger partial charge >= 0.3 is 5.97 Å². The van der Waals surface area contributed by atoms with E-state index in [1.54, 1.807) is 17.5 Å². The van der Waals surface area contributed by atoms with Gasteiger partial charge in [-0.05, 0) is 57.7 Å². The Morgan fingerprint density at radius 2 is 1.95 bits per heavy atom. The number of ether oxygens (including phenoxy) is 1. The number of aliphatic carboxylic acids is 1. The van der Waals surface area contributed by atoms with Crippen LogP contribution in [-0.4, -0.2) is 63.1 Å². The topological polar surface area (TPSA) is 147 Å². The highest BCUT2D eigenvalue weighted by atomic mass is 32.2. The molecule has 5 rings (SSSR count). The van der Waals surface area contributed by atoms with E-state index in [-0.39, 0.29) is 42.7 Å². The lowest BCUT2D eigenvalue weighted by Crippen LogP contribution is -2.42. The maximum absolute atomic E-state index is 13.5. The van der Waals surface area contributed by atoms with Gasteiger partial charge in [-0.15, -0.1) is 5.10 Å². The molecule has 0 radical (unpaired) electrons. The number of nitrogens with zero attached hydrogens (tertiary/aromatic N) is 4. The quantitative estimate of drug-likeness (QED) is 0.458. The van der Waals surface area contributed by atoms with Crippen LogP contribution in [0.15, 0.2) is 27.9 Å². The molecule has 1 aliphatic heterocycles. The molecule has 0 bridgehead atoms. The second kappa shape index (κ2) is 10.9. The predicted molar refractivity (Wildman–Crippen MR) is 142 cm³/mol. The number of benzene rings is 1. The van der Waals surface area contributed by atoms with Gasteiger partial charge < -0.3 is 14.8 Å². The van der Waals surface area contributed by atoms with Crippen molar-refractivity contribution in [3.63, 3.8) is 0 Å². The second-order valence-electron chi connectivity index (χ2n) is 9.73. The minimum Gasteiger partial charge on any atom is -0.493 e. The summed E-state index contributed by atoms with van der Waals surface area (Å²) in [5, 5.41) is 14.1. The van der Waals surface area contributed by atoms with Gasteiger partial charge in [-0.2, -0.15) is 4.31 Å². The number of aromatic amines is 1. The molecule has 3 heterocycles. The molecule has 12 heteroatoms. The summed E-state index contributed by atoms with van der Waals surface area (Å²) in [5.41, 5.74) is 0.940. The van der Waals surface area contributed by atoms with Crippen LogP contribution in [0.3, 0.4) is 0 Å². The molecule has 1 atom stereocenters. The van der Waals surface area contributed by atoms with Gasteiger partial charge in [0, 0.05) is 19.0 Å². The lowest BCUT2D eigenvalue weighted by atomic mass is 10.0. The zero-order valence-electron chi connectivity index (χ0n) is 20.9. The number of carboxylic acids is 1. The minimum absolute atomic E-state index is 0. The molecule has 0 amide bonds. The van der Waals surface area contributed by atoms with Gasteiger partial charge in [0.2, 0.25) is 10.0 Å². The van der Waals surface area contributed by atoms with Crippen molar-refractivity contribution in [2.24, 2.45) is 5.92 Å². The number of imidazole rings is 1. The number of fused-ring (bicyclic) bond motifs is 1. The molecule has 2 aromatic heterocycles. The molecule has 1 unspecified atom stereocenters. The third kappa shape index (κ3) is 4.94. The predicted octanol–water partition coefficient (Wildman–Crippen LogP) is 3.57. The Bertz CT molecular complexity index is 1510. The van der Waals surface area contributed by atoms with Gasteiger partial charge in [0.05, 0.1) is 28.7 Å². The molecule has 2 aliphatic rings. The molecule has 2 fully saturated rings. The van der Waals surface area contributed by atoms with E-state index < -0.39 is 21.9 Å². The first-order chi connectivity index (χ1) is 17.7. The zero-order valence-corrected chi connectivity index (χ0v) is 21.8. The van der Waals surface area contributed by atoms with Crippen LogP contribution in [0.5, 0.6) is 5.75 Å². The first-order valence-electron chi connectivity index (χ1n) is 12.7. The Labute approximate surface area is 221 Å². The van der Waals surface area contributed by atoms with Crippen molar-refractivity contribution in [2.75, 3.05) is 19.7 Å². The van der Waals surface area contributed by atoms with Crippen molar-refractivity contribution in [3.8, 4) is 17.1 Å². The van der Waals surface area contributed by atoms with Crippen molar-refractivity contribution >= 4 is 21.5 Å². The molecular weight excluding hydrogens is 510 g/mol. The van der Waals surface area contributed by atoms with Crippen molar-refractivity contribution in [1.29, 1.82) is 0 Å². The number of rotatable bonds is 7. The molecule has 2 N–H and O–H groups in total. The minimum atomic E-state index is -3.98. The molecule has 38 heavy (non-hydrogen) atoms. The average molecular weight is 546 g/mol. The SMILES string of the molecule is C.CCOc1ccc(S(=O)(=O)N2CCCC(C(=O)O)C2)cc1-c1nn2c(C3CCCC3)nc(C)c2c(=O)[nH]1. The van der Waals surface area contributed by atoms with E-state index in [0.29, 0.717) is 42.0 Å². The summed E-state index contributed by atoms with van der Waals surface area (Å²) in [6.07, 6.45) is 5.07. The van der Waals surface area contributed by atoms with E-state index in [1.165, 1.54) is 16.4 Å². The Morgan fingerprint density at radius 1 is 1.21 bits per heavy atom. The zero-order chi connectivity index (χ0) is 26.3. The van der Waals surface area contributed by atoms with Gasteiger partial charge in [0.15, 0.2) is 11.3 Å². The highest BCUT2D eigenvalue weighted by Crippen LogP contribution is 2.35. The third-order valence-corrected chi connectivity index (χ3v) is 9.16. The maximum atomic E-state index is 13.5. The molecule has 1 aliphatic carbocycles.